The molecule has 4 fully saturated rings. The van der Waals surface area contributed by atoms with Gasteiger partial charge in [0.25, 0.3) is 0 Å². The van der Waals surface area contributed by atoms with Gasteiger partial charge in [-0.3, -0.25) is 4.79 Å². The average Bonchev–Trinajstić information content (AvgIpc) is 3.30. The summed E-state index contributed by atoms with van der Waals surface area (Å²) in [6.45, 7) is 13.0. The molecule has 0 N–H and O–H groups in total. The van der Waals surface area contributed by atoms with E-state index in [1.54, 1.807) is 0 Å². The number of rotatable bonds is 4. The Morgan fingerprint density at radius 1 is 0.882 bits per heavy atom. The van der Waals surface area contributed by atoms with Crippen LogP contribution in [-0.2, 0) is 38.0 Å². The molecule has 5 aliphatic rings. The summed E-state index contributed by atoms with van der Waals surface area (Å²) in [5, 5.41) is 0. The lowest BCUT2D eigenvalue weighted by molar-refractivity contribution is -0.176. The summed E-state index contributed by atoms with van der Waals surface area (Å²) in [4.78, 5) is 12.0. The highest BCUT2D eigenvalue weighted by atomic mass is 79.9. The third-order valence-corrected chi connectivity index (χ3v) is 8.12. The van der Waals surface area contributed by atoms with E-state index >= 15 is 0 Å². The van der Waals surface area contributed by atoms with Crippen LogP contribution in [0.15, 0.2) is 10.6 Å². The smallest absolute Gasteiger partial charge is 0.303 e. The lowest BCUT2D eigenvalue weighted by atomic mass is 9.76. The molecule has 9 heteroatoms. The van der Waals surface area contributed by atoms with E-state index in [-0.39, 0.29) is 54.4 Å². The average molecular weight is 545 g/mol. The third kappa shape index (κ3) is 4.74. The monoisotopic (exact) mass is 544 g/mol. The van der Waals surface area contributed by atoms with E-state index in [1.165, 1.54) is 6.92 Å². The highest BCUT2D eigenvalue weighted by molar-refractivity contribution is 9.11. The van der Waals surface area contributed by atoms with E-state index in [2.05, 4.69) is 22.0 Å². The van der Waals surface area contributed by atoms with Crippen molar-refractivity contribution in [3.8, 4) is 0 Å². The Bertz CT molecular complexity index is 854. The first-order valence-electron chi connectivity index (χ1n) is 12.3. The minimum Gasteiger partial charge on any atom is -0.459 e. The molecule has 0 aromatic carbocycles. The molecule has 34 heavy (non-hydrogen) atoms. The van der Waals surface area contributed by atoms with Gasteiger partial charge in [-0.15, -0.1) is 0 Å². The Balaban J connectivity index is 1.34. The second kappa shape index (κ2) is 8.50. The van der Waals surface area contributed by atoms with Gasteiger partial charge in [0.1, 0.15) is 30.5 Å². The van der Waals surface area contributed by atoms with Gasteiger partial charge in [0.2, 0.25) is 0 Å². The molecule has 2 aliphatic carbocycles. The van der Waals surface area contributed by atoms with Crippen molar-refractivity contribution in [1.29, 1.82) is 0 Å². The predicted molar refractivity (Wildman–Crippen MR) is 125 cm³/mol. The van der Waals surface area contributed by atoms with Gasteiger partial charge >= 0.3 is 5.97 Å². The van der Waals surface area contributed by atoms with Crippen molar-refractivity contribution in [3.63, 3.8) is 0 Å². The first kappa shape index (κ1) is 25.1. The number of carbonyl (C=O) groups excluding carboxylic acids is 1. The van der Waals surface area contributed by atoms with E-state index < -0.39 is 23.5 Å². The largest absolute Gasteiger partial charge is 0.459 e. The number of ether oxygens (including phenoxy) is 7. The Labute approximate surface area is 210 Å². The lowest BCUT2D eigenvalue weighted by Gasteiger charge is -2.39. The normalized spacial score (nSPS) is 45.8. The Morgan fingerprint density at radius 2 is 1.47 bits per heavy atom. The molecule has 0 aromatic heterocycles. The molecule has 0 amide bonds. The maximum atomic E-state index is 12.0. The first-order valence-corrected chi connectivity index (χ1v) is 13.1. The lowest BCUT2D eigenvalue weighted by Crippen LogP contribution is -2.51. The van der Waals surface area contributed by atoms with Crippen LogP contribution in [0.4, 0.5) is 0 Å². The maximum absolute atomic E-state index is 12.0. The molecule has 8 nitrogen and oxygen atoms in total. The molecule has 3 aliphatic heterocycles. The van der Waals surface area contributed by atoms with Crippen LogP contribution in [0, 0.1) is 11.8 Å². The van der Waals surface area contributed by atoms with Crippen LogP contribution < -0.4 is 0 Å². The van der Waals surface area contributed by atoms with Crippen LogP contribution in [0.3, 0.4) is 0 Å². The predicted octanol–water partition coefficient (Wildman–Crippen LogP) is 4.19. The summed E-state index contributed by atoms with van der Waals surface area (Å²) in [5.41, 5.74) is 0. The highest BCUT2D eigenvalue weighted by Crippen LogP contribution is 2.49. The summed E-state index contributed by atoms with van der Waals surface area (Å²) < 4.78 is 44.1. The van der Waals surface area contributed by atoms with Crippen molar-refractivity contribution < 1.29 is 38.0 Å². The van der Waals surface area contributed by atoms with Crippen LogP contribution >= 0.6 is 15.9 Å². The molecular weight excluding hydrogens is 508 g/mol. The van der Waals surface area contributed by atoms with Gasteiger partial charge in [0.15, 0.2) is 17.4 Å². The molecule has 5 rings (SSSR count). The van der Waals surface area contributed by atoms with E-state index in [4.69, 9.17) is 33.2 Å². The molecular formula is C25H37BrO8. The SMILES string of the molecule is CC(=O)O[C@H]1[C@@H]2OC(C)(C)O[C@@H]2C(Br)=C[C@@H]1CC[C@H]1CC2OC(C)(C)OC2C2OC(C)(C)OC21. The molecule has 3 heterocycles. The van der Waals surface area contributed by atoms with Gasteiger partial charge in [-0.25, -0.2) is 0 Å². The molecule has 192 valence electrons. The molecule has 3 saturated heterocycles. The van der Waals surface area contributed by atoms with E-state index in [0.717, 1.165) is 23.7 Å². The summed E-state index contributed by atoms with van der Waals surface area (Å²) >= 11 is 3.69. The van der Waals surface area contributed by atoms with E-state index in [1.807, 2.05) is 41.5 Å². The summed E-state index contributed by atoms with van der Waals surface area (Å²) in [6, 6.07) is 0. The highest BCUT2D eigenvalue weighted by Gasteiger charge is 2.59. The van der Waals surface area contributed by atoms with Crippen molar-refractivity contribution in [3.05, 3.63) is 10.6 Å². The zero-order valence-electron chi connectivity index (χ0n) is 21.0. The Morgan fingerprint density at radius 3 is 2.18 bits per heavy atom. The van der Waals surface area contributed by atoms with Gasteiger partial charge in [-0.2, -0.15) is 0 Å². The molecule has 0 radical (unpaired) electrons. The van der Waals surface area contributed by atoms with Crippen LogP contribution in [0.1, 0.15) is 67.7 Å². The van der Waals surface area contributed by atoms with Crippen LogP contribution in [-0.4, -0.2) is 66.1 Å². The van der Waals surface area contributed by atoms with Crippen molar-refractivity contribution >= 4 is 21.9 Å². The summed E-state index contributed by atoms with van der Waals surface area (Å²) in [5.74, 6) is -2.15. The second-order valence-corrected chi connectivity index (χ2v) is 12.5. The van der Waals surface area contributed by atoms with Gasteiger partial charge in [0.05, 0.1) is 12.2 Å². The molecule has 4 unspecified atom stereocenters. The summed E-state index contributed by atoms with van der Waals surface area (Å²) in [6.07, 6.45) is 3.16. The van der Waals surface area contributed by atoms with E-state index in [9.17, 15) is 4.79 Å². The molecule has 0 aromatic rings. The van der Waals surface area contributed by atoms with Crippen molar-refractivity contribution in [2.45, 2.75) is 128 Å². The van der Waals surface area contributed by atoms with Gasteiger partial charge in [-0.1, -0.05) is 22.0 Å². The Hall–Kier alpha value is -0.550. The fourth-order valence-electron chi connectivity index (χ4n) is 6.36. The minimum absolute atomic E-state index is 0.0132. The van der Waals surface area contributed by atoms with Gasteiger partial charge in [0, 0.05) is 17.3 Å². The number of hydrogen-bond acceptors (Lipinski definition) is 8. The van der Waals surface area contributed by atoms with Crippen molar-refractivity contribution in [2.75, 3.05) is 0 Å². The molecule has 1 saturated carbocycles. The quantitative estimate of drug-likeness (QED) is 0.487. The van der Waals surface area contributed by atoms with Gasteiger partial charge in [-0.05, 0) is 66.7 Å². The summed E-state index contributed by atoms with van der Waals surface area (Å²) in [7, 11) is 0. The first-order chi connectivity index (χ1) is 15.7. The molecule has 9 atom stereocenters. The number of halogens is 1. The standard InChI is InChI=1S/C25H37BrO8/c1-12(27)28-17-13(10-15(26)19-21(17)33-25(6,7)31-19)8-9-14-11-16-20(32-23(2,3)29-16)22-18(14)30-24(4,5)34-22/h10,13-14,16-22H,8-9,11H2,1-7H3/t13-,14-,16?,17+,18?,19+,20?,21-,22?/m0/s1. The van der Waals surface area contributed by atoms with Gasteiger partial charge < -0.3 is 33.2 Å². The second-order valence-electron chi connectivity index (χ2n) is 11.6. The van der Waals surface area contributed by atoms with Crippen LogP contribution in [0.5, 0.6) is 0 Å². The number of esters is 1. The zero-order valence-corrected chi connectivity index (χ0v) is 22.6. The Kier molecular flexibility index (Phi) is 6.28. The van der Waals surface area contributed by atoms with Crippen molar-refractivity contribution in [1.82, 2.24) is 0 Å². The maximum Gasteiger partial charge on any atom is 0.303 e. The van der Waals surface area contributed by atoms with Crippen molar-refractivity contribution in [2.24, 2.45) is 11.8 Å². The van der Waals surface area contributed by atoms with Crippen LogP contribution in [0.2, 0.25) is 0 Å². The molecule has 0 spiro atoms. The van der Waals surface area contributed by atoms with Crippen LogP contribution in [0.25, 0.3) is 0 Å². The number of hydrogen-bond donors (Lipinski definition) is 0. The third-order valence-electron chi connectivity index (χ3n) is 7.40. The fraction of sp³-hybridized carbons (Fsp3) is 0.880. The minimum atomic E-state index is -0.742. The van der Waals surface area contributed by atoms with E-state index in [0.29, 0.717) is 0 Å². The zero-order chi connectivity index (χ0) is 24.6. The number of fused-ring (bicyclic) bond motifs is 4. The molecule has 0 bridgehead atoms. The number of carbonyl (C=O) groups is 1. The fourth-order valence-corrected chi connectivity index (χ4v) is 7.05. The topological polar surface area (TPSA) is 81.7 Å².